The van der Waals surface area contributed by atoms with Crippen molar-refractivity contribution in [3.8, 4) is 0 Å². The third-order valence-corrected chi connectivity index (χ3v) is 3.61. The van der Waals surface area contributed by atoms with Crippen LogP contribution in [-0.2, 0) is 4.79 Å². The number of hydrogen-bond donors (Lipinski definition) is 3. The Bertz CT molecular complexity index is 864. The van der Waals surface area contributed by atoms with E-state index < -0.39 is 22.7 Å². The number of carbonyl (C=O) groups is 3. The van der Waals surface area contributed by atoms with Gasteiger partial charge in [-0.1, -0.05) is 12.1 Å². The molecule has 3 N–H and O–H groups in total. The zero-order chi connectivity index (χ0) is 19.8. The number of para-hydroxylation sites is 1. The van der Waals surface area contributed by atoms with Gasteiger partial charge in [-0.3, -0.25) is 24.5 Å². The summed E-state index contributed by atoms with van der Waals surface area (Å²) in [6, 6.07) is 11.4. The van der Waals surface area contributed by atoms with E-state index in [-0.39, 0.29) is 35.5 Å². The lowest BCUT2D eigenvalue weighted by atomic mass is 10.1. The van der Waals surface area contributed by atoms with E-state index in [1.54, 1.807) is 18.2 Å². The van der Waals surface area contributed by atoms with Gasteiger partial charge in [-0.05, 0) is 30.7 Å². The fraction of sp³-hybridized carbons (Fsp3) is 0.167. The zero-order valence-electron chi connectivity index (χ0n) is 14.2. The summed E-state index contributed by atoms with van der Waals surface area (Å²) >= 11 is 0. The second-order valence-corrected chi connectivity index (χ2v) is 5.56. The number of carboxylic acid groups (broad SMARTS) is 1. The first-order chi connectivity index (χ1) is 12.9. The summed E-state index contributed by atoms with van der Waals surface area (Å²) in [6.07, 6.45) is 0.233. The van der Waals surface area contributed by atoms with Crippen molar-refractivity contribution in [3.63, 3.8) is 0 Å². The molecule has 0 fully saturated rings. The van der Waals surface area contributed by atoms with Gasteiger partial charge < -0.3 is 15.7 Å². The van der Waals surface area contributed by atoms with Crippen molar-refractivity contribution in [3.05, 3.63) is 69.8 Å². The molecule has 0 bridgehead atoms. The number of aliphatic carboxylic acids is 1. The van der Waals surface area contributed by atoms with Crippen LogP contribution in [0.5, 0.6) is 0 Å². The summed E-state index contributed by atoms with van der Waals surface area (Å²) in [7, 11) is 0. The standard InChI is InChI=1S/C18H17N3O6/c22-16(23)6-3-11-19-18(25)14-4-1-2-5-15(14)20-17(24)12-7-9-13(10-8-12)21(26)27/h1-2,4-5,7-10H,3,6,11H2,(H,19,25)(H,20,24)(H,22,23). The molecule has 2 aromatic rings. The molecule has 0 saturated heterocycles. The lowest BCUT2D eigenvalue weighted by Gasteiger charge is -2.11. The molecule has 9 nitrogen and oxygen atoms in total. The number of nitro groups is 1. The summed E-state index contributed by atoms with van der Waals surface area (Å²) in [5, 5.41) is 24.5. The van der Waals surface area contributed by atoms with Crippen molar-refractivity contribution in [1.82, 2.24) is 5.32 Å². The molecule has 0 aromatic heterocycles. The highest BCUT2D eigenvalue weighted by Crippen LogP contribution is 2.18. The highest BCUT2D eigenvalue weighted by molar-refractivity contribution is 6.09. The zero-order valence-corrected chi connectivity index (χ0v) is 14.2. The second-order valence-electron chi connectivity index (χ2n) is 5.56. The molecule has 0 saturated carbocycles. The predicted octanol–water partition coefficient (Wildman–Crippen LogP) is 2.44. The minimum atomic E-state index is -0.944. The molecule has 2 amide bonds. The molecule has 0 aliphatic carbocycles. The molecule has 27 heavy (non-hydrogen) atoms. The van der Waals surface area contributed by atoms with Crippen LogP contribution in [0.2, 0.25) is 0 Å². The number of anilines is 1. The Labute approximate surface area is 154 Å². The van der Waals surface area contributed by atoms with Gasteiger partial charge in [0, 0.05) is 30.7 Å². The largest absolute Gasteiger partial charge is 0.481 e. The van der Waals surface area contributed by atoms with Crippen LogP contribution in [0, 0.1) is 10.1 Å². The van der Waals surface area contributed by atoms with Gasteiger partial charge in [-0.15, -0.1) is 0 Å². The monoisotopic (exact) mass is 371 g/mol. The van der Waals surface area contributed by atoms with Crippen LogP contribution in [0.4, 0.5) is 11.4 Å². The quantitative estimate of drug-likeness (QED) is 0.370. The number of nitro benzene ring substituents is 1. The minimum absolute atomic E-state index is 0.0567. The maximum Gasteiger partial charge on any atom is 0.303 e. The van der Waals surface area contributed by atoms with Crippen molar-refractivity contribution in [2.75, 3.05) is 11.9 Å². The highest BCUT2D eigenvalue weighted by Gasteiger charge is 2.15. The summed E-state index contributed by atoms with van der Waals surface area (Å²) < 4.78 is 0. The molecular weight excluding hydrogens is 354 g/mol. The maximum atomic E-state index is 12.3. The van der Waals surface area contributed by atoms with Crippen LogP contribution in [0.25, 0.3) is 0 Å². The molecule has 0 heterocycles. The van der Waals surface area contributed by atoms with Crippen LogP contribution in [0.1, 0.15) is 33.6 Å². The summed E-state index contributed by atoms with van der Waals surface area (Å²) in [4.78, 5) is 45.2. The summed E-state index contributed by atoms with van der Waals surface area (Å²) in [5.74, 6) is -1.91. The van der Waals surface area contributed by atoms with Crippen LogP contribution < -0.4 is 10.6 Å². The molecule has 0 unspecified atom stereocenters. The molecule has 0 radical (unpaired) electrons. The molecule has 0 atom stereocenters. The van der Waals surface area contributed by atoms with Gasteiger partial charge >= 0.3 is 5.97 Å². The van der Waals surface area contributed by atoms with Crippen molar-refractivity contribution >= 4 is 29.2 Å². The summed E-state index contributed by atoms with van der Waals surface area (Å²) in [5.41, 5.74) is 0.574. The number of amides is 2. The summed E-state index contributed by atoms with van der Waals surface area (Å²) in [6.45, 7) is 0.190. The number of nitrogens with zero attached hydrogens (tertiary/aromatic N) is 1. The number of non-ortho nitro benzene ring substituents is 1. The average molecular weight is 371 g/mol. The van der Waals surface area contributed by atoms with Gasteiger partial charge in [0.25, 0.3) is 17.5 Å². The van der Waals surface area contributed by atoms with Gasteiger partial charge in [0.15, 0.2) is 0 Å². The minimum Gasteiger partial charge on any atom is -0.481 e. The normalized spacial score (nSPS) is 10.1. The van der Waals surface area contributed by atoms with E-state index in [4.69, 9.17) is 5.11 Å². The third kappa shape index (κ3) is 5.63. The van der Waals surface area contributed by atoms with E-state index >= 15 is 0 Å². The van der Waals surface area contributed by atoms with E-state index in [0.29, 0.717) is 6.42 Å². The molecule has 2 aromatic carbocycles. The van der Waals surface area contributed by atoms with Gasteiger partial charge in [-0.2, -0.15) is 0 Å². The van der Waals surface area contributed by atoms with Crippen LogP contribution >= 0.6 is 0 Å². The van der Waals surface area contributed by atoms with E-state index in [9.17, 15) is 24.5 Å². The number of carbonyl (C=O) groups excluding carboxylic acids is 2. The van der Waals surface area contributed by atoms with Crippen molar-refractivity contribution in [2.45, 2.75) is 12.8 Å². The fourth-order valence-electron chi connectivity index (χ4n) is 2.26. The number of carboxylic acids is 1. The first-order valence-electron chi connectivity index (χ1n) is 8.03. The first kappa shape index (κ1) is 19.6. The number of nitrogens with one attached hydrogen (secondary N) is 2. The molecule has 0 aliphatic heterocycles. The Hall–Kier alpha value is -3.75. The Morgan fingerprint density at radius 2 is 1.67 bits per heavy atom. The van der Waals surface area contributed by atoms with Gasteiger partial charge in [0.05, 0.1) is 16.2 Å². The number of benzene rings is 2. The van der Waals surface area contributed by atoms with Gasteiger partial charge in [-0.25, -0.2) is 0 Å². The Kier molecular flexibility index (Phi) is 6.59. The Morgan fingerprint density at radius 1 is 1.00 bits per heavy atom. The van der Waals surface area contributed by atoms with Gasteiger partial charge in [0.2, 0.25) is 0 Å². The van der Waals surface area contributed by atoms with E-state index in [1.165, 1.54) is 30.3 Å². The highest BCUT2D eigenvalue weighted by atomic mass is 16.6. The van der Waals surface area contributed by atoms with Gasteiger partial charge in [0.1, 0.15) is 0 Å². The number of rotatable bonds is 8. The maximum absolute atomic E-state index is 12.3. The molecule has 2 rings (SSSR count). The molecular formula is C18H17N3O6. The lowest BCUT2D eigenvalue weighted by molar-refractivity contribution is -0.384. The SMILES string of the molecule is O=C(O)CCCNC(=O)c1ccccc1NC(=O)c1ccc([N+](=O)[O-])cc1. The molecule has 0 spiro atoms. The molecule has 9 heteroatoms. The fourth-order valence-corrected chi connectivity index (χ4v) is 2.26. The van der Waals surface area contributed by atoms with E-state index in [2.05, 4.69) is 10.6 Å². The Morgan fingerprint density at radius 3 is 2.30 bits per heavy atom. The first-order valence-corrected chi connectivity index (χ1v) is 8.03. The lowest BCUT2D eigenvalue weighted by Crippen LogP contribution is -2.26. The van der Waals surface area contributed by atoms with Crippen molar-refractivity contribution in [2.24, 2.45) is 0 Å². The smallest absolute Gasteiger partial charge is 0.303 e. The predicted molar refractivity (Wildman–Crippen MR) is 96.7 cm³/mol. The third-order valence-electron chi connectivity index (χ3n) is 3.61. The molecule has 0 aliphatic rings. The van der Waals surface area contributed by atoms with E-state index in [0.717, 1.165) is 0 Å². The van der Waals surface area contributed by atoms with Crippen molar-refractivity contribution < 1.29 is 24.4 Å². The van der Waals surface area contributed by atoms with Crippen LogP contribution in [-0.4, -0.2) is 34.4 Å². The average Bonchev–Trinajstić information content (AvgIpc) is 2.65. The number of hydrogen-bond acceptors (Lipinski definition) is 5. The van der Waals surface area contributed by atoms with E-state index in [1.807, 2.05) is 0 Å². The van der Waals surface area contributed by atoms with Crippen LogP contribution in [0.3, 0.4) is 0 Å². The Balaban J connectivity index is 2.06. The molecule has 140 valence electrons. The van der Waals surface area contributed by atoms with Crippen LogP contribution in [0.15, 0.2) is 48.5 Å². The topological polar surface area (TPSA) is 139 Å². The van der Waals surface area contributed by atoms with Crippen molar-refractivity contribution in [1.29, 1.82) is 0 Å². The second kappa shape index (κ2) is 9.09.